The molecule has 0 saturated heterocycles. The highest BCUT2D eigenvalue weighted by molar-refractivity contribution is 5.71. The average molecular weight is 294 g/mol. The first-order chi connectivity index (χ1) is 9.86. The minimum Gasteiger partial charge on any atom is -0.496 e. The Bertz CT molecular complexity index is 454. The summed E-state index contributed by atoms with van der Waals surface area (Å²) in [6.07, 6.45) is -0.690. The minimum atomic E-state index is -0.728. The van der Waals surface area contributed by atoms with Crippen LogP contribution in [0.25, 0.3) is 0 Å². The molecule has 1 N–H and O–H groups in total. The van der Waals surface area contributed by atoms with Crippen molar-refractivity contribution in [3.63, 3.8) is 0 Å². The molecule has 1 rings (SSSR count). The molecule has 4 heteroatoms. The van der Waals surface area contributed by atoms with Crippen LogP contribution in [0.1, 0.15) is 45.8 Å². The first-order valence-electron chi connectivity index (χ1n) is 7.38. The van der Waals surface area contributed by atoms with Gasteiger partial charge in [-0.05, 0) is 12.0 Å². The molecule has 0 heterocycles. The van der Waals surface area contributed by atoms with Crippen LogP contribution >= 0.6 is 0 Å². The first-order valence-corrected chi connectivity index (χ1v) is 7.38. The van der Waals surface area contributed by atoms with E-state index in [-0.39, 0.29) is 23.9 Å². The maximum atomic E-state index is 11.8. The molecule has 21 heavy (non-hydrogen) atoms. The van der Waals surface area contributed by atoms with Gasteiger partial charge in [0.05, 0.1) is 19.1 Å². The van der Waals surface area contributed by atoms with Crippen molar-refractivity contribution in [3.05, 3.63) is 29.8 Å². The summed E-state index contributed by atoms with van der Waals surface area (Å²) in [5.74, 6) is 0.371. The van der Waals surface area contributed by atoms with Gasteiger partial charge in [0, 0.05) is 12.0 Å². The van der Waals surface area contributed by atoms with Crippen LogP contribution in [0.2, 0.25) is 0 Å². The highest BCUT2D eigenvalue weighted by Crippen LogP contribution is 2.30. The van der Waals surface area contributed by atoms with Crippen LogP contribution in [0.3, 0.4) is 0 Å². The Balaban J connectivity index is 2.81. The molecule has 4 nitrogen and oxygen atoms in total. The van der Waals surface area contributed by atoms with E-state index >= 15 is 0 Å². The number of hydrogen-bond donors (Lipinski definition) is 1. The monoisotopic (exact) mass is 294 g/mol. The number of para-hydroxylation sites is 1. The van der Waals surface area contributed by atoms with Gasteiger partial charge in [-0.2, -0.15) is 0 Å². The normalized spacial score (nSPS) is 14.1. The second kappa shape index (κ2) is 8.03. The third-order valence-corrected chi connectivity index (χ3v) is 3.44. The number of carbonyl (C=O) groups excluding carboxylic acids is 1. The summed E-state index contributed by atoms with van der Waals surface area (Å²) in [5.41, 5.74) is 0.714. The van der Waals surface area contributed by atoms with E-state index in [0.29, 0.717) is 17.7 Å². The second-order valence-corrected chi connectivity index (χ2v) is 5.87. The fourth-order valence-corrected chi connectivity index (χ4v) is 2.03. The van der Waals surface area contributed by atoms with Crippen LogP contribution in [-0.4, -0.2) is 24.3 Å². The van der Waals surface area contributed by atoms with Crippen LogP contribution in [0, 0.1) is 11.8 Å². The SMILES string of the molecule is COc1ccccc1[C@H](O)C[C@@H](OC(=O)C(C)C)C(C)C. The molecule has 0 amide bonds. The minimum absolute atomic E-state index is 0.136. The number of carbonyl (C=O) groups is 1. The van der Waals surface area contributed by atoms with Crippen molar-refractivity contribution < 1.29 is 19.4 Å². The predicted octanol–water partition coefficient (Wildman–Crippen LogP) is 3.34. The van der Waals surface area contributed by atoms with Gasteiger partial charge >= 0.3 is 5.97 Å². The predicted molar refractivity (Wildman–Crippen MR) is 82.1 cm³/mol. The molecule has 0 radical (unpaired) electrons. The zero-order chi connectivity index (χ0) is 16.0. The smallest absolute Gasteiger partial charge is 0.308 e. The zero-order valence-electron chi connectivity index (χ0n) is 13.5. The van der Waals surface area contributed by atoms with Gasteiger partial charge in [-0.15, -0.1) is 0 Å². The van der Waals surface area contributed by atoms with Gasteiger partial charge in [-0.1, -0.05) is 45.9 Å². The molecule has 0 bridgehead atoms. The molecule has 118 valence electrons. The summed E-state index contributed by atoms with van der Waals surface area (Å²) in [6.45, 7) is 7.56. The largest absolute Gasteiger partial charge is 0.496 e. The van der Waals surface area contributed by atoms with Crippen LogP contribution in [0.4, 0.5) is 0 Å². The Hall–Kier alpha value is -1.55. The lowest BCUT2D eigenvalue weighted by Crippen LogP contribution is -2.28. The average Bonchev–Trinajstić information content (AvgIpc) is 2.45. The van der Waals surface area contributed by atoms with Crippen molar-refractivity contribution in [1.29, 1.82) is 0 Å². The fourth-order valence-electron chi connectivity index (χ4n) is 2.03. The molecule has 0 unspecified atom stereocenters. The summed E-state index contributed by atoms with van der Waals surface area (Å²) >= 11 is 0. The number of benzene rings is 1. The van der Waals surface area contributed by atoms with E-state index in [1.54, 1.807) is 21.0 Å². The fraction of sp³-hybridized carbons (Fsp3) is 0.588. The van der Waals surface area contributed by atoms with Crippen molar-refractivity contribution in [1.82, 2.24) is 0 Å². The van der Waals surface area contributed by atoms with Crippen LogP contribution in [0.15, 0.2) is 24.3 Å². The summed E-state index contributed by atoms with van der Waals surface area (Å²) in [6, 6.07) is 7.34. The molecule has 0 spiro atoms. The van der Waals surface area contributed by atoms with Crippen molar-refractivity contribution >= 4 is 5.97 Å². The number of methoxy groups -OCH3 is 1. The van der Waals surface area contributed by atoms with E-state index in [0.717, 1.165) is 0 Å². The second-order valence-electron chi connectivity index (χ2n) is 5.87. The molecule has 1 aromatic carbocycles. The molecule has 0 aliphatic heterocycles. The molecule has 0 fully saturated rings. The molecule has 0 saturated carbocycles. The van der Waals surface area contributed by atoms with Gasteiger partial charge in [0.15, 0.2) is 0 Å². The first kappa shape index (κ1) is 17.5. The third-order valence-electron chi connectivity index (χ3n) is 3.44. The molecule has 0 aromatic heterocycles. The molecular formula is C17H26O4. The van der Waals surface area contributed by atoms with Gasteiger partial charge < -0.3 is 14.6 Å². The molecule has 0 aliphatic rings. The lowest BCUT2D eigenvalue weighted by atomic mass is 9.96. The van der Waals surface area contributed by atoms with Crippen molar-refractivity contribution in [2.24, 2.45) is 11.8 Å². The van der Waals surface area contributed by atoms with E-state index in [1.165, 1.54) is 0 Å². The highest BCUT2D eigenvalue weighted by Gasteiger charge is 2.25. The number of aliphatic hydroxyl groups excluding tert-OH is 1. The highest BCUT2D eigenvalue weighted by atomic mass is 16.5. The van der Waals surface area contributed by atoms with E-state index < -0.39 is 6.10 Å². The van der Waals surface area contributed by atoms with Gasteiger partial charge in [-0.25, -0.2) is 0 Å². The van der Waals surface area contributed by atoms with E-state index in [4.69, 9.17) is 9.47 Å². The quantitative estimate of drug-likeness (QED) is 0.784. The van der Waals surface area contributed by atoms with Crippen molar-refractivity contribution in [2.45, 2.75) is 46.3 Å². The van der Waals surface area contributed by atoms with E-state index in [9.17, 15) is 9.90 Å². The van der Waals surface area contributed by atoms with Crippen LogP contribution in [-0.2, 0) is 9.53 Å². The summed E-state index contributed by atoms with van der Waals surface area (Å²) in [4.78, 5) is 11.8. The van der Waals surface area contributed by atoms with Gasteiger partial charge in [0.1, 0.15) is 11.9 Å². The molecule has 2 atom stereocenters. The van der Waals surface area contributed by atoms with Crippen molar-refractivity contribution in [3.8, 4) is 5.75 Å². The third kappa shape index (κ3) is 5.05. The Morgan fingerprint density at radius 3 is 2.33 bits per heavy atom. The Morgan fingerprint density at radius 1 is 1.19 bits per heavy atom. The van der Waals surface area contributed by atoms with Gasteiger partial charge in [0.2, 0.25) is 0 Å². The number of hydrogen-bond acceptors (Lipinski definition) is 4. The van der Waals surface area contributed by atoms with Gasteiger partial charge in [-0.3, -0.25) is 4.79 Å². The van der Waals surface area contributed by atoms with Crippen LogP contribution < -0.4 is 4.74 Å². The van der Waals surface area contributed by atoms with Crippen LogP contribution in [0.5, 0.6) is 5.75 Å². The number of esters is 1. The van der Waals surface area contributed by atoms with E-state index in [1.807, 2.05) is 38.1 Å². The van der Waals surface area contributed by atoms with Gasteiger partial charge in [0.25, 0.3) is 0 Å². The summed E-state index contributed by atoms with van der Waals surface area (Å²) in [7, 11) is 1.57. The maximum Gasteiger partial charge on any atom is 0.308 e. The zero-order valence-corrected chi connectivity index (χ0v) is 13.5. The molecule has 1 aromatic rings. The maximum absolute atomic E-state index is 11.8. The van der Waals surface area contributed by atoms with Crippen molar-refractivity contribution in [2.75, 3.05) is 7.11 Å². The Labute approximate surface area is 127 Å². The summed E-state index contributed by atoms with van der Waals surface area (Å²) in [5, 5.41) is 10.4. The molecular weight excluding hydrogens is 268 g/mol. The Kier molecular flexibility index (Phi) is 6.69. The summed E-state index contributed by atoms with van der Waals surface area (Å²) < 4.78 is 10.8. The van der Waals surface area contributed by atoms with E-state index in [2.05, 4.69) is 0 Å². The number of aliphatic hydroxyl groups is 1. The number of ether oxygens (including phenoxy) is 2. The molecule has 0 aliphatic carbocycles. The number of rotatable bonds is 7. The lowest BCUT2D eigenvalue weighted by molar-refractivity contribution is -0.156. The Morgan fingerprint density at radius 2 is 1.81 bits per heavy atom. The topological polar surface area (TPSA) is 55.8 Å². The lowest BCUT2D eigenvalue weighted by Gasteiger charge is -2.25. The standard InChI is InChI=1S/C17H26O4/c1-11(2)16(21-17(19)12(3)4)10-14(18)13-8-6-7-9-15(13)20-5/h6-9,11-12,14,16,18H,10H2,1-5H3/t14-,16-/m1/s1.